The Morgan fingerprint density at radius 1 is 0.957 bits per heavy atom. The topological polar surface area (TPSA) is 43.9 Å². The molecule has 0 spiro atoms. The van der Waals surface area contributed by atoms with Crippen LogP contribution in [-0.4, -0.2) is 65.3 Å². The first kappa shape index (κ1) is 14.7. The van der Waals surface area contributed by atoms with Crippen molar-refractivity contribution in [3.63, 3.8) is 0 Å². The molecule has 0 saturated carbocycles. The van der Waals surface area contributed by atoms with Crippen LogP contribution in [0.15, 0.2) is 24.3 Å². The molecule has 4 rings (SSSR count). The summed E-state index contributed by atoms with van der Waals surface area (Å²) in [5.41, 5.74) is 2.38. The van der Waals surface area contributed by atoms with Crippen LogP contribution in [0.3, 0.4) is 0 Å². The molecule has 3 aliphatic rings. The molecule has 2 saturated heterocycles. The van der Waals surface area contributed by atoms with E-state index in [2.05, 4.69) is 17.0 Å². The molecule has 0 aromatic heterocycles. The molecule has 122 valence electrons. The van der Waals surface area contributed by atoms with Gasteiger partial charge in [0.05, 0.1) is 6.54 Å². The van der Waals surface area contributed by atoms with Crippen molar-refractivity contribution in [3.05, 3.63) is 35.4 Å². The number of carbonyl (C=O) groups excluding carboxylic acids is 2. The van der Waals surface area contributed by atoms with Gasteiger partial charge in [0, 0.05) is 26.1 Å². The molecule has 3 heterocycles. The Balaban J connectivity index is 1.48. The number of fused-ring (bicyclic) bond motifs is 2. The number of likely N-dealkylation sites (tertiary alicyclic amines) is 1. The third-order valence-corrected chi connectivity index (χ3v) is 5.38. The Labute approximate surface area is 136 Å². The predicted octanol–water partition coefficient (Wildman–Crippen LogP) is 0.878. The van der Waals surface area contributed by atoms with Crippen molar-refractivity contribution in [2.75, 3.05) is 32.7 Å². The summed E-state index contributed by atoms with van der Waals surface area (Å²) in [4.78, 5) is 31.3. The monoisotopic (exact) mass is 313 g/mol. The highest BCUT2D eigenvalue weighted by Crippen LogP contribution is 2.27. The minimum absolute atomic E-state index is 0.0884. The first-order chi connectivity index (χ1) is 11.2. The summed E-state index contributed by atoms with van der Waals surface area (Å²) in [6.07, 6.45) is 3.15. The normalized spacial score (nSPS) is 24.8. The van der Waals surface area contributed by atoms with Gasteiger partial charge in [0.25, 0.3) is 0 Å². The SMILES string of the molecule is O=C1[C@@H]2Cc3ccccc3CN2C(=O)CN1CCN1CCCC1. The Bertz CT molecular complexity index is 624. The smallest absolute Gasteiger partial charge is 0.246 e. The van der Waals surface area contributed by atoms with Crippen LogP contribution in [0.1, 0.15) is 24.0 Å². The highest BCUT2D eigenvalue weighted by atomic mass is 16.2. The lowest BCUT2D eigenvalue weighted by atomic mass is 9.91. The first-order valence-corrected chi connectivity index (χ1v) is 8.60. The lowest BCUT2D eigenvalue weighted by Gasteiger charge is -2.43. The largest absolute Gasteiger partial charge is 0.330 e. The molecular formula is C18H23N3O2. The number of piperazine rings is 1. The molecule has 0 N–H and O–H groups in total. The van der Waals surface area contributed by atoms with Gasteiger partial charge in [-0.1, -0.05) is 24.3 Å². The molecule has 1 aromatic carbocycles. The summed E-state index contributed by atoms with van der Waals surface area (Å²) in [5.74, 6) is 0.212. The highest BCUT2D eigenvalue weighted by molar-refractivity contribution is 5.95. The predicted molar refractivity (Wildman–Crippen MR) is 86.7 cm³/mol. The Morgan fingerprint density at radius 2 is 1.70 bits per heavy atom. The molecule has 0 radical (unpaired) electrons. The van der Waals surface area contributed by atoms with Gasteiger partial charge in [0.15, 0.2) is 0 Å². The van der Waals surface area contributed by atoms with Crippen molar-refractivity contribution in [1.29, 1.82) is 0 Å². The minimum atomic E-state index is -0.301. The van der Waals surface area contributed by atoms with Gasteiger partial charge in [0.1, 0.15) is 6.04 Å². The van der Waals surface area contributed by atoms with E-state index in [-0.39, 0.29) is 24.4 Å². The number of hydrogen-bond donors (Lipinski definition) is 0. The lowest BCUT2D eigenvalue weighted by molar-refractivity contribution is -0.157. The zero-order chi connectivity index (χ0) is 15.8. The summed E-state index contributed by atoms with van der Waals surface area (Å²) < 4.78 is 0. The third kappa shape index (κ3) is 2.74. The quantitative estimate of drug-likeness (QED) is 0.832. The summed E-state index contributed by atoms with van der Waals surface area (Å²) in [7, 11) is 0. The maximum absolute atomic E-state index is 12.8. The molecule has 23 heavy (non-hydrogen) atoms. The van der Waals surface area contributed by atoms with E-state index in [1.165, 1.54) is 24.0 Å². The molecular weight excluding hydrogens is 290 g/mol. The third-order valence-electron chi connectivity index (χ3n) is 5.38. The number of benzene rings is 1. The zero-order valence-corrected chi connectivity index (χ0v) is 13.4. The van der Waals surface area contributed by atoms with Crippen LogP contribution in [0.4, 0.5) is 0 Å². The van der Waals surface area contributed by atoms with E-state index in [9.17, 15) is 9.59 Å². The number of rotatable bonds is 3. The van der Waals surface area contributed by atoms with E-state index < -0.39 is 0 Å². The maximum atomic E-state index is 12.8. The fourth-order valence-electron chi connectivity index (χ4n) is 4.01. The molecule has 0 bridgehead atoms. The van der Waals surface area contributed by atoms with Gasteiger partial charge < -0.3 is 14.7 Å². The van der Waals surface area contributed by atoms with Gasteiger partial charge in [-0.25, -0.2) is 0 Å². The number of nitrogens with zero attached hydrogens (tertiary/aromatic N) is 3. The van der Waals surface area contributed by atoms with Crippen molar-refractivity contribution in [2.45, 2.75) is 31.8 Å². The van der Waals surface area contributed by atoms with Crippen LogP contribution in [-0.2, 0) is 22.6 Å². The Kier molecular flexibility index (Phi) is 3.81. The van der Waals surface area contributed by atoms with Crippen molar-refractivity contribution < 1.29 is 9.59 Å². The fraction of sp³-hybridized carbons (Fsp3) is 0.556. The van der Waals surface area contributed by atoms with E-state index in [4.69, 9.17) is 0 Å². The summed E-state index contributed by atoms with van der Waals surface area (Å²) in [5, 5.41) is 0. The lowest BCUT2D eigenvalue weighted by Crippen LogP contribution is -2.62. The van der Waals surface area contributed by atoms with Crippen LogP contribution < -0.4 is 0 Å². The van der Waals surface area contributed by atoms with Crippen LogP contribution in [0.25, 0.3) is 0 Å². The molecule has 5 nitrogen and oxygen atoms in total. The van der Waals surface area contributed by atoms with Crippen LogP contribution in [0.2, 0.25) is 0 Å². The van der Waals surface area contributed by atoms with Gasteiger partial charge in [0.2, 0.25) is 11.8 Å². The highest BCUT2D eigenvalue weighted by Gasteiger charge is 2.41. The number of carbonyl (C=O) groups is 2. The molecule has 1 atom stereocenters. The van der Waals surface area contributed by atoms with Gasteiger partial charge in [-0.05, 0) is 37.1 Å². The molecule has 0 aliphatic carbocycles. The Morgan fingerprint density at radius 3 is 2.48 bits per heavy atom. The molecule has 5 heteroatoms. The Hall–Kier alpha value is -1.88. The number of amides is 2. The van der Waals surface area contributed by atoms with Crippen LogP contribution in [0.5, 0.6) is 0 Å². The minimum Gasteiger partial charge on any atom is -0.330 e. The standard InChI is InChI=1S/C18H23N3O2/c22-17-13-20(10-9-19-7-3-4-8-19)18(23)16-11-14-5-1-2-6-15(14)12-21(16)17/h1-2,5-6,16H,3-4,7-13H2/t16-/m0/s1. The van der Waals surface area contributed by atoms with Crippen LogP contribution >= 0.6 is 0 Å². The molecule has 0 unspecified atom stereocenters. The average molecular weight is 313 g/mol. The number of hydrogen-bond acceptors (Lipinski definition) is 3. The van der Waals surface area contributed by atoms with E-state index >= 15 is 0 Å². The average Bonchev–Trinajstić information content (AvgIpc) is 3.09. The summed E-state index contributed by atoms with van der Waals surface area (Å²) >= 11 is 0. The second kappa shape index (κ2) is 5.96. The second-order valence-electron chi connectivity index (χ2n) is 6.82. The maximum Gasteiger partial charge on any atom is 0.246 e. The van der Waals surface area contributed by atoms with Crippen molar-refractivity contribution >= 4 is 11.8 Å². The van der Waals surface area contributed by atoms with Gasteiger partial charge in [-0.15, -0.1) is 0 Å². The first-order valence-electron chi connectivity index (χ1n) is 8.60. The van der Waals surface area contributed by atoms with Crippen molar-refractivity contribution in [3.8, 4) is 0 Å². The molecule has 1 aromatic rings. The zero-order valence-electron chi connectivity index (χ0n) is 13.4. The van der Waals surface area contributed by atoms with E-state index in [1.54, 1.807) is 9.80 Å². The summed E-state index contributed by atoms with van der Waals surface area (Å²) in [6, 6.07) is 7.84. The van der Waals surface area contributed by atoms with Gasteiger partial charge in [-0.2, -0.15) is 0 Å². The molecule has 2 fully saturated rings. The van der Waals surface area contributed by atoms with E-state index in [0.717, 1.165) is 19.6 Å². The van der Waals surface area contributed by atoms with Gasteiger partial charge in [-0.3, -0.25) is 9.59 Å². The fourth-order valence-corrected chi connectivity index (χ4v) is 4.01. The molecule has 2 amide bonds. The van der Waals surface area contributed by atoms with E-state index in [0.29, 0.717) is 19.5 Å². The van der Waals surface area contributed by atoms with E-state index in [1.807, 2.05) is 12.1 Å². The molecule has 3 aliphatic heterocycles. The van der Waals surface area contributed by atoms with Crippen LogP contribution in [0, 0.1) is 0 Å². The van der Waals surface area contributed by atoms with Gasteiger partial charge >= 0.3 is 0 Å². The second-order valence-corrected chi connectivity index (χ2v) is 6.82. The van der Waals surface area contributed by atoms with Crippen molar-refractivity contribution in [2.24, 2.45) is 0 Å². The summed E-state index contributed by atoms with van der Waals surface area (Å²) in [6.45, 7) is 4.63. The van der Waals surface area contributed by atoms with Crippen molar-refractivity contribution in [1.82, 2.24) is 14.7 Å².